The number of nitrogens with two attached hydrogens (primary N) is 1. The third kappa shape index (κ3) is 4.04. The van der Waals surface area contributed by atoms with E-state index in [2.05, 4.69) is 15.2 Å². The third-order valence-electron chi connectivity index (χ3n) is 7.38. The van der Waals surface area contributed by atoms with Crippen LogP contribution < -0.4 is 20.3 Å². The van der Waals surface area contributed by atoms with Gasteiger partial charge in [0, 0.05) is 30.5 Å². The van der Waals surface area contributed by atoms with Gasteiger partial charge in [0.15, 0.2) is 11.4 Å². The molecule has 0 bridgehead atoms. The van der Waals surface area contributed by atoms with Crippen molar-refractivity contribution in [2.75, 3.05) is 55.9 Å². The molecule has 2 N–H and O–H groups in total. The molecule has 0 unspecified atom stereocenters. The molecule has 0 spiro atoms. The number of carbonyl (C=O) groups is 2. The summed E-state index contributed by atoms with van der Waals surface area (Å²) in [4.78, 5) is 32.1. The first-order chi connectivity index (χ1) is 18.4. The van der Waals surface area contributed by atoms with Crippen molar-refractivity contribution in [1.82, 2.24) is 19.8 Å². The number of nitrogens with zero attached hydrogens (tertiary/aromatic N) is 6. The number of likely N-dealkylation sites (tertiary alicyclic amines) is 1. The number of hydrogen-bond acceptors (Lipinski definition) is 8. The first kappa shape index (κ1) is 24.0. The van der Waals surface area contributed by atoms with Crippen LogP contribution in [0, 0.1) is 0 Å². The Hall–Kier alpha value is -4.38. The van der Waals surface area contributed by atoms with Gasteiger partial charge in [-0.25, -0.2) is 4.68 Å². The average molecular weight is 516 g/mol. The second-order valence-corrected chi connectivity index (χ2v) is 9.66. The Labute approximate surface area is 219 Å². The smallest absolute Gasteiger partial charge is 0.277 e. The fourth-order valence-electron chi connectivity index (χ4n) is 5.24. The topological polar surface area (TPSA) is 123 Å². The van der Waals surface area contributed by atoms with Crippen molar-refractivity contribution in [2.24, 2.45) is 0 Å². The number of anilines is 3. The zero-order valence-electron chi connectivity index (χ0n) is 21.4. The molecule has 6 rings (SSSR count). The van der Waals surface area contributed by atoms with E-state index >= 15 is 0 Å². The van der Waals surface area contributed by atoms with Gasteiger partial charge >= 0.3 is 0 Å². The SMILES string of the molecule is COc1nn(-c2ccc3onc(N)c3c2)c2c1CCN(c1ccc(N(C)C(=O)CN3CCCC3)cc1)C2=O. The molecule has 4 heterocycles. The Morgan fingerprint density at radius 1 is 1.11 bits per heavy atom. The molecule has 0 saturated carbocycles. The molecule has 196 valence electrons. The Balaban J connectivity index is 1.27. The van der Waals surface area contributed by atoms with E-state index in [1.54, 1.807) is 46.8 Å². The summed E-state index contributed by atoms with van der Waals surface area (Å²) < 4.78 is 12.3. The predicted molar refractivity (Wildman–Crippen MR) is 143 cm³/mol. The summed E-state index contributed by atoms with van der Waals surface area (Å²) in [5.41, 5.74) is 9.88. The van der Waals surface area contributed by atoms with Crippen LogP contribution in [0.25, 0.3) is 16.7 Å². The van der Waals surface area contributed by atoms with E-state index in [0.29, 0.717) is 47.7 Å². The Bertz CT molecular complexity index is 1520. The first-order valence-corrected chi connectivity index (χ1v) is 12.7. The number of carbonyl (C=O) groups excluding carboxylic acids is 2. The fraction of sp³-hybridized carbons (Fsp3) is 0.333. The van der Waals surface area contributed by atoms with E-state index in [1.807, 2.05) is 24.3 Å². The van der Waals surface area contributed by atoms with Crippen LogP contribution in [0.2, 0.25) is 0 Å². The summed E-state index contributed by atoms with van der Waals surface area (Å²) in [7, 11) is 3.33. The number of hydrogen-bond donors (Lipinski definition) is 1. The van der Waals surface area contributed by atoms with Crippen LogP contribution in [0.5, 0.6) is 5.88 Å². The van der Waals surface area contributed by atoms with E-state index < -0.39 is 0 Å². The summed E-state index contributed by atoms with van der Waals surface area (Å²) in [5, 5.41) is 9.04. The quantitative estimate of drug-likeness (QED) is 0.416. The normalized spacial score (nSPS) is 15.7. The number of aromatic nitrogens is 3. The van der Waals surface area contributed by atoms with Crippen LogP contribution in [-0.4, -0.2) is 72.0 Å². The lowest BCUT2D eigenvalue weighted by Crippen LogP contribution is -2.39. The maximum atomic E-state index is 13.8. The highest BCUT2D eigenvalue weighted by atomic mass is 16.5. The van der Waals surface area contributed by atoms with Crippen molar-refractivity contribution in [3.63, 3.8) is 0 Å². The minimum absolute atomic E-state index is 0.0553. The van der Waals surface area contributed by atoms with Gasteiger partial charge in [-0.1, -0.05) is 5.16 Å². The van der Waals surface area contributed by atoms with Crippen LogP contribution in [0.3, 0.4) is 0 Å². The highest BCUT2D eigenvalue weighted by Gasteiger charge is 2.34. The molecule has 2 aromatic heterocycles. The number of benzene rings is 2. The van der Waals surface area contributed by atoms with Gasteiger partial charge in [0.25, 0.3) is 5.91 Å². The van der Waals surface area contributed by atoms with Crippen LogP contribution >= 0.6 is 0 Å². The lowest BCUT2D eigenvalue weighted by molar-refractivity contribution is -0.119. The molecule has 2 aliphatic heterocycles. The molecule has 2 aliphatic rings. The molecular weight excluding hydrogens is 486 g/mol. The molecule has 11 heteroatoms. The summed E-state index contributed by atoms with van der Waals surface area (Å²) in [6.07, 6.45) is 2.87. The second-order valence-electron chi connectivity index (χ2n) is 9.66. The van der Waals surface area contributed by atoms with E-state index in [1.165, 1.54) is 0 Å². The summed E-state index contributed by atoms with van der Waals surface area (Å²) >= 11 is 0. The third-order valence-corrected chi connectivity index (χ3v) is 7.38. The van der Waals surface area contributed by atoms with Crippen LogP contribution in [-0.2, 0) is 11.2 Å². The number of amides is 2. The van der Waals surface area contributed by atoms with Gasteiger partial charge in [0.1, 0.15) is 5.69 Å². The Morgan fingerprint density at radius 2 is 1.84 bits per heavy atom. The fourth-order valence-corrected chi connectivity index (χ4v) is 5.24. The summed E-state index contributed by atoms with van der Waals surface area (Å²) in [6, 6.07) is 12.8. The Morgan fingerprint density at radius 3 is 2.58 bits per heavy atom. The molecule has 38 heavy (non-hydrogen) atoms. The molecule has 1 saturated heterocycles. The maximum absolute atomic E-state index is 13.8. The van der Waals surface area contributed by atoms with Gasteiger partial charge in [0.2, 0.25) is 11.8 Å². The van der Waals surface area contributed by atoms with Crippen molar-refractivity contribution in [1.29, 1.82) is 0 Å². The van der Waals surface area contributed by atoms with Crippen LogP contribution in [0.4, 0.5) is 17.2 Å². The molecule has 11 nitrogen and oxygen atoms in total. The molecule has 0 aliphatic carbocycles. The molecule has 1 fully saturated rings. The van der Waals surface area contributed by atoms with Gasteiger partial charge in [-0.3, -0.25) is 14.5 Å². The van der Waals surface area contributed by atoms with Crippen LogP contribution in [0.1, 0.15) is 28.9 Å². The van der Waals surface area contributed by atoms with Crippen molar-refractivity contribution in [3.05, 3.63) is 53.7 Å². The minimum Gasteiger partial charge on any atom is -0.480 e. The van der Waals surface area contributed by atoms with Gasteiger partial charge in [-0.05, 0) is 74.8 Å². The average Bonchev–Trinajstić information content (AvgIpc) is 3.68. The van der Waals surface area contributed by atoms with Gasteiger partial charge in [-0.2, -0.15) is 0 Å². The number of fused-ring (bicyclic) bond motifs is 2. The first-order valence-electron chi connectivity index (χ1n) is 12.7. The summed E-state index contributed by atoms with van der Waals surface area (Å²) in [5.74, 6) is 0.554. The number of rotatable bonds is 6. The zero-order valence-corrected chi connectivity index (χ0v) is 21.4. The molecule has 2 aromatic carbocycles. The van der Waals surface area contributed by atoms with Gasteiger partial charge < -0.3 is 24.8 Å². The van der Waals surface area contributed by atoms with E-state index in [-0.39, 0.29) is 17.6 Å². The monoisotopic (exact) mass is 515 g/mol. The number of methoxy groups -OCH3 is 1. The molecule has 4 aromatic rings. The number of nitrogen functional groups attached to an aromatic ring is 1. The molecular formula is C27H29N7O4. The lowest BCUT2D eigenvalue weighted by atomic mass is 10.0. The second kappa shape index (κ2) is 9.49. The maximum Gasteiger partial charge on any atom is 0.277 e. The van der Waals surface area contributed by atoms with Crippen molar-refractivity contribution >= 4 is 40.0 Å². The highest BCUT2D eigenvalue weighted by Crippen LogP contribution is 2.34. The van der Waals surface area contributed by atoms with Crippen LogP contribution in [0.15, 0.2) is 47.0 Å². The highest BCUT2D eigenvalue weighted by molar-refractivity contribution is 6.08. The molecule has 0 radical (unpaired) electrons. The number of likely N-dealkylation sites (N-methyl/N-ethyl adjacent to an activating group) is 1. The number of ether oxygens (including phenoxy) is 1. The Kier molecular flexibility index (Phi) is 5.99. The van der Waals surface area contributed by atoms with Gasteiger partial charge in [-0.15, -0.1) is 5.10 Å². The van der Waals surface area contributed by atoms with E-state index in [4.69, 9.17) is 15.0 Å². The molecule has 0 atom stereocenters. The van der Waals surface area contributed by atoms with E-state index in [9.17, 15) is 9.59 Å². The van der Waals surface area contributed by atoms with Crippen molar-refractivity contribution in [3.8, 4) is 11.6 Å². The standard InChI is InChI=1S/C27H29N7O4/c1-31(23(35)16-32-12-3-4-13-32)17-5-7-18(8-6-17)33-14-11-20-24(27(33)36)34(29-26(20)37-2)19-9-10-22-21(15-19)25(28)30-38-22/h5-10,15H,3-4,11-14,16H2,1-2H3,(H2,28,30). The van der Waals surface area contributed by atoms with Gasteiger partial charge in [0.05, 0.1) is 24.7 Å². The predicted octanol–water partition coefficient (Wildman–Crippen LogP) is 2.87. The summed E-state index contributed by atoms with van der Waals surface area (Å²) in [6.45, 7) is 2.84. The zero-order chi connectivity index (χ0) is 26.4. The van der Waals surface area contributed by atoms with E-state index in [0.717, 1.165) is 42.9 Å². The largest absolute Gasteiger partial charge is 0.480 e. The van der Waals surface area contributed by atoms with Crippen molar-refractivity contribution < 1.29 is 18.8 Å². The lowest BCUT2D eigenvalue weighted by Gasteiger charge is -2.28. The van der Waals surface area contributed by atoms with Crippen molar-refractivity contribution in [2.45, 2.75) is 19.3 Å². The minimum atomic E-state index is -0.188. The molecule has 2 amide bonds.